The van der Waals surface area contributed by atoms with Crippen LogP contribution >= 0.6 is 0 Å². The minimum atomic E-state index is -2.30. The Balaban J connectivity index is 2.13. The highest BCUT2D eigenvalue weighted by atomic mass is 19.2. The first kappa shape index (κ1) is 15.7. The summed E-state index contributed by atoms with van der Waals surface area (Å²) in [6.07, 6.45) is 0.946. The number of ether oxygens (including phenoxy) is 2. The molecule has 0 bridgehead atoms. The average molecular weight is 310 g/mol. The number of hydrogen-bond donors (Lipinski definition) is 0. The summed E-state index contributed by atoms with van der Waals surface area (Å²) in [7, 11) is 0. The molecule has 1 aliphatic heterocycles. The Morgan fingerprint density at radius 2 is 1.43 bits per heavy atom. The maximum absolute atomic E-state index is 13.3. The second-order valence-electron chi connectivity index (χ2n) is 4.63. The molecule has 3 nitrogen and oxygen atoms in total. The molecule has 0 atom stereocenters. The molecule has 2 rings (SSSR count). The highest BCUT2D eigenvalue weighted by Crippen LogP contribution is 2.30. The number of halogens is 5. The van der Waals surface area contributed by atoms with Crippen LogP contribution in [0.15, 0.2) is 0 Å². The van der Waals surface area contributed by atoms with Gasteiger partial charge >= 0.3 is 5.97 Å². The zero-order valence-electron chi connectivity index (χ0n) is 10.7. The van der Waals surface area contributed by atoms with E-state index in [2.05, 4.69) is 4.74 Å². The average Bonchev–Trinajstić information content (AvgIpc) is 2.48. The van der Waals surface area contributed by atoms with Gasteiger partial charge in [-0.15, -0.1) is 0 Å². The van der Waals surface area contributed by atoms with E-state index in [9.17, 15) is 26.7 Å². The van der Waals surface area contributed by atoms with Gasteiger partial charge in [-0.1, -0.05) is 0 Å². The maximum Gasteiger partial charge on any atom is 0.311 e. The fraction of sp³-hybridized carbons (Fsp3) is 0.462. The number of benzene rings is 1. The van der Waals surface area contributed by atoms with Crippen molar-refractivity contribution in [3.05, 3.63) is 29.1 Å². The van der Waals surface area contributed by atoms with Crippen LogP contribution in [0.25, 0.3) is 0 Å². The molecular formula is C13H11F5O3. The van der Waals surface area contributed by atoms with Gasteiger partial charge in [-0.2, -0.15) is 8.78 Å². The minimum Gasteiger partial charge on any atom is -0.420 e. The molecule has 8 heteroatoms. The zero-order chi connectivity index (χ0) is 15.6. The highest BCUT2D eigenvalue weighted by molar-refractivity contribution is 5.72. The normalized spacial score (nSPS) is 16.0. The molecule has 116 valence electrons. The Labute approximate surface area is 116 Å². The summed E-state index contributed by atoms with van der Waals surface area (Å²) in [5.74, 6) is -13.6. The molecule has 1 aliphatic rings. The van der Waals surface area contributed by atoms with Gasteiger partial charge in [0.25, 0.3) is 0 Å². The first-order chi connectivity index (χ1) is 9.91. The van der Waals surface area contributed by atoms with Crippen molar-refractivity contribution in [1.82, 2.24) is 0 Å². The van der Waals surface area contributed by atoms with Gasteiger partial charge in [-0.3, -0.25) is 4.79 Å². The van der Waals surface area contributed by atoms with Crippen molar-refractivity contribution in [1.29, 1.82) is 0 Å². The van der Waals surface area contributed by atoms with Gasteiger partial charge in [0, 0.05) is 19.6 Å². The van der Waals surface area contributed by atoms with Crippen LogP contribution in [0.5, 0.6) is 5.75 Å². The Kier molecular flexibility index (Phi) is 4.76. The topological polar surface area (TPSA) is 35.5 Å². The van der Waals surface area contributed by atoms with E-state index >= 15 is 0 Å². The van der Waals surface area contributed by atoms with Crippen LogP contribution in [0.2, 0.25) is 0 Å². The van der Waals surface area contributed by atoms with Crippen molar-refractivity contribution < 1.29 is 36.2 Å². The minimum absolute atomic E-state index is 0.104. The van der Waals surface area contributed by atoms with E-state index < -0.39 is 40.8 Å². The molecule has 1 aromatic carbocycles. The van der Waals surface area contributed by atoms with Crippen molar-refractivity contribution >= 4 is 5.97 Å². The summed E-state index contributed by atoms with van der Waals surface area (Å²) in [6.45, 7) is 0.890. The molecule has 1 aromatic rings. The quantitative estimate of drug-likeness (QED) is 0.283. The van der Waals surface area contributed by atoms with Gasteiger partial charge in [0.05, 0.1) is 0 Å². The summed E-state index contributed by atoms with van der Waals surface area (Å²) >= 11 is 0. The molecule has 0 saturated carbocycles. The summed E-state index contributed by atoms with van der Waals surface area (Å²) in [5, 5.41) is 0. The van der Waals surface area contributed by atoms with Gasteiger partial charge in [0.2, 0.25) is 34.8 Å². The molecule has 1 heterocycles. The first-order valence-electron chi connectivity index (χ1n) is 6.21. The lowest BCUT2D eigenvalue weighted by molar-refractivity contribution is -0.136. The van der Waals surface area contributed by atoms with Crippen molar-refractivity contribution in [3.63, 3.8) is 0 Å². The van der Waals surface area contributed by atoms with Crippen LogP contribution in [-0.2, 0) is 9.53 Å². The van der Waals surface area contributed by atoms with E-state index in [1.165, 1.54) is 0 Å². The van der Waals surface area contributed by atoms with Crippen LogP contribution in [0.4, 0.5) is 22.0 Å². The molecule has 21 heavy (non-hydrogen) atoms. The molecule has 0 unspecified atom stereocenters. The summed E-state index contributed by atoms with van der Waals surface area (Å²) < 4.78 is 74.7. The molecule has 0 aromatic heterocycles. The third kappa shape index (κ3) is 3.31. The number of carbonyl (C=O) groups is 1. The van der Waals surface area contributed by atoms with Gasteiger partial charge in [-0.05, 0) is 18.8 Å². The molecule has 0 amide bonds. The smallest absolute Gasteiger partial charge is 0.311 e. The predicted octanol–water partition coefficient (Wildman–Crippen LogP) is 3.10. The number of carbonyl (C=O) groups excluding carboxylic acids is 1. The number of hydrogen-bond acceptors (Lipinski definition) is 3. The number of rotatable bonds is 3. The van der Waals surface area contributed by atoms with Crippen LogP contribution in [-0.4, -0.2) is 19.2 Å². The van der Waals surface area contributed by atoms with E-state index in [-0.39, 0.29) is 12.3 Å². The molecule has 0 spiro atoms. The molecule has 0 N–H and O–H groups in total. The molecule has 0 radical (unpaired) electrons. The van der Waals surface area contributed by atoms with Crippen molar-refractivity contribution in [2.45, 2.75) is 19.3 Å². The van der Waals surface area contributed by atoms with Gasteiger partial charge in [0.15, 0.2) is 0 Å². The van der Waals surface area contributed by atoms with Crippen LogP contribution in [0.3, 0.4) is 0 Å². The Morgan fingerprint density at radius 3 is 1.95 bits per heavy atom. The van der Waals surface area contributed by atoms with Crippen molar-refractivity contribution in [3.8, 4) is 5.75 Å². The molecule has 0 aliphatic carbocycles. The van der Waals surface area contributed by atoms with Crippen LogP contribution in [0, 0.1) is 35.0 Å². The Morgan fingerprint density at radius 1 is 0.952 bits per heavy atom. The van der Waals surface area contributed by atoms with Gasteiger partial charge < -0.3 is 9.47 Å². The van der Waals surface area contributed by atoms with E-state index in [4.69, 9.17) is 4.74 Å². The third-order valence-electron chi connectivity index (χ3n) is 3.18. The lowest BCUT2D eigenvalue weighted by Crippen LogP contribution is -2.22. The SMILES string of the molecule is O=C(CC1CCOCC1)Oc1c(F)c(F)c(F)c(F)c1F. The summed E-state index contributed by atoms with van der Waals surface area (Å²) in [6, 6.07) is 0. The van der Waals surface area contributed by atoms with E-state index in [1.807, 2.05) is 0 Å². The predicted molar refractivity (Wildman–Crippen MR) is 60.0 cm³/mol. The molecular weight excluding hydrogens is 299 g/mol. The van der Waals surface area contributed by atoms with Gasteiger partial charge in [-0.25, -0.2) is 13.2 Å². The monoisotopic (exact) mass is 310 g/mol. The largest absolute Gasteiger partial charge is 0.420 e. The Bertz CT molecular complexity index is 526. The van der Waals surface area contributed by atoms with Crippen molar-refractivity contribution in [2.24, 2.45) is 5.92 Å². The van der Waals surface area contributed by atoms with Gasteiger partial charge in [0.1, 0.15) is 0 Å². The van der Waals surface area contributed by atoms with E-state index in [0.717, 1.165) is 0 Å². The first-order valence-corrected chi connectivity index (χ1v) is 6.21. The molecule has 1 fully saturated rings. The molecule has 1 saturated heterocycles. The maximum atomic E-state index is 13.3. The number of esters is 1. The summed E-state index contributed by atoms with van der Waals surface area (Å²) in [5.41, 5.74) is 0. The van der Waals surface area contributed by atoms with E-state index in [0.29, 0.717) is 26.1 Å². The second kappa shape index (κ2) is 6.38. The Hall–Kier alpha value is -1.70. The summed E-state index contributed by atoms with van der Waals surface area (Å²) in [4.78, 5) is 11.6. The van der Waals surface area contributed by atoms with Crippen LogP contribution in [0.1, 0.15) is 19.3 Å². The standard InChI is InChI=1S/C13H11F5O3/c14-8-9(15)11(17)13(12(18)10(8)16)21-7(19)5-6-1-3-20-4-2-6/h6H,1-5H2. The van der Waals surface area contributed by atoms with E-state index in [1.54, 1.807) is 0 Å². The zero-order valence-corrected chi connectivity index (χ0v) is 10.7. The third-order valence-corrected chi connectivity index (χ3v) is 3.18. The highest BCUT2D eigenvalue weighted by Gasteiger charge is 2.29. The second-order valence-corrected chi connectivity index (χ2v) is 4.63. The van der Waals surface area contributed by atoms with Crippen molar-refractivity contribution in [2.75, 3.05) is 13.2 Å². The lowest BCUT2D eigenvalue weighted by Gasteiger charge is -2.21. The fourth-order valence-corrected chi connectivity index (χ4v) is 2.02. The van der Waals surface area contributed by atoms with Crippen LogP contribution < -0.4 is 4.74 Å². The fourth-order valence-electron chi connectivity index (χ4n) is 2.02. The lowest BCUT2D eigenvalue weighted by atomic mass is 9.97.